The van der Waals surface area contributed by atoms with Crippen LogP contribution in [0.15, 0.2) is 4.52 Å². The highest BCUT2D eigenvalue weighted by molar-refractivity contribution is 5.18. The van der Waals surface area contributed by atoms with E-state index in [0.29, 0.717) is 24.2 Å². The summed E-state index contributed by atoms with van der Waals surface area (Å²) in [4.78, 5) is 4.42. The third-order valence-electron chi connectivity index (χ3n) is 3.73. The first-order valence-corrected chi connectivity index (χ1v) is 7.40. The Balaban J connectivity index is 1.77. The van der Waals surface area contributed by atoms with Gasteiger partial charge in [-0.3, -0.25) is 0 Å². The number of hydrogen-bond acceptors (Lipinski definition) is 6. The smallest absolute Gasteiger partial charge is 0.230 e. The van der Waals surface area contributed by atoms with Crippen LogP contribution in [0.3, 0.4) is 0 Å². The lowest BCUT2D eigenvalue weighted by Crippen LogP contribution is -2.18. The summed E-state index contributed by atoms with van der Waals surface area (Å²) in [5.41, 5.74) is 2.33. The highest BCUT2D eigenvalue weighted by Crippen LogP contribution is 2.31. The van der Waals surface area contributed by atoms with Crippen LogP contribution in [0.1, 0.15) is 49.3 Å². The van der Waals surface area contributed by atoms with Crippen molar-refractivity contribution in [3.8, 4) is 0 Å². The highest BCUT2D eigenvalue weighted by atomic mass is 16.5. The van der Waals surface area contributed by atoms with Gasteiger partial charge in [0.05, 0.1) is 11.4 Å². The first-order chi connectivity index (χ1) is 10.2. The van der Waals surface area contributed by atoms with Crippen LogP contribution in [0, 0.1) is 5.92 Å². The molecule has 0 amide bonds. The first kappa shape index (κ1) is 14.2. The Hall–Kier alpha value is -1.76. The average molecular weight is 291 g/mol. The summed E-state index contributed by atoms with van der Waals surface area (Å²) >= 11 is 0. The number of rotatable bonds is 5. The van der Waals surface area contributed by atoms with Gasteiger partial charge >= 0.3 is 0 Å². The number of fused-ring (bicyclic) bond motifs is 1. The van der Waals surface area contributed by atoms with Crippen LogP contribution in [0.5, 0.6) is 0 Å². The monoisotopic (exact) mass is 291 g/mol. The Kier molecular flexibility index (Phi) is 4.01. The molecule has 114 valence electrons. The van der Waals surface area contributed by atoms with E-state index >= 15 is 0 Å². The third kappa shape index (κ3) is 2.97. The summed E-state index contributed by atoms with van der Waals surface area (Å²) in [6, 6.07) is 0. The van der Waals surface area contributed by atoms with Gasteiger partial charge < -0.3 is 9.26 Å². The molecule has 1 atom stereocenters. The number of ether oxygens (including phenoxy) is 1. The molecule has 0 saturated carbocycles. The second-order valence-corrected chi connectivity index (χ2v) is 5.98. The normalized spacial score (nSPS) is 18.2. The SMILES string of the molecule is COCc1noc(C2CCc3nnn(CC(C)C)c3C2)n1. The van der Waals surface area contributed by atoms with Gasteiger partial charge in [-0.25, -0.2) is 4.68 Å². The zero-order valence-corrected chi connectivity index (χ0v) is 12.7. The zero-order chi connectivity index (χ0) is 14.8. The maximum absolute atomic E-state index is 5.38. The standard InChI is InChI=1S/C14H21N5O2/c1-9(2)7-19-12-6-10(4-5-11(12)16-18-19)14-15-13(8-20-3)17-21-14/h9-10H,4-8H2,1-3H3. The molecule has 0 aliphatic heterocycles. The van der Waals surface area contributed by atoms with E-state index in [1.54, 1.807) is 7.11 Å². The Morgan fingerprint density at radius 2 is 2.29 bits per heavy atom. The molecule has 7 nitrogen and oxygen atoms in total. The van der Waals surface area contributed by atoms with Crippen LogP contribution in [0.2, 0.25) is 0 Å². The summed E-state index contributed by atoms with van der Waals surface area (Å²) in [7, 11) is 1.62. The van der Waals surface area contributed by atoms with Crippen molar-refractivity contribution >= 4 is 0 Å². The van der Waals surface area contributed by atoms with Crippen molar-refractivity contribution < 1.29 is 9.26 Å². The Morgan fingerprint density at radius 3 is 3.05 bits per heavy atom. The molecule has 2 heterocycles. The predicted octanol–water partition coefficient (Wildman–Crippen LogP) is 1.74. The van der Waals surface area contributed by atoms with E-state index in [1.807, 2.05) is 4.68 Å². The first-order valence-electron chi connectivity index (χ1n) is 7.40. The second kappa shape index (κ2) is 5.93. The fourth-order valence-corrected chi connectivity index (χ4v) is 2.76. The molecule has 0 bridgehead atoms. The molecule has 1 aliphatic carbocycles. The summed E-state index contributed by atoms with van der Waals surface area (Å²) in [6.07, 6.45) is 2.76. The molecule has 0 saturated heterocycles. The van der Waals surface area contributed by atoms with Crippen molar-refractivity contribution in [3.63, 3.8) is 0 Å². The van der Waals surface area contributed by atoms with Gasteiger partial charge in [-0.1, -0.05) is 24.2 Å². The molecule has 0 aromatic carbocycles. The minimum Gasteiger partial charge on any atom is -0.377 e. The van der Waals surface area contributed by atoms with Gasteiger partial charge in [-0.15, -0.1) is 5.10 Å². The number of nitrogens with zero attached hydrogens (tertiary/aromatic N) is 5. The van der Waals surface area contributed by atoms with Crippen molar-refractivity contribution in [1.29, 1.82) is 0 Å². The van der Waals surface area contributed by atoms with E-state index in [1.165, 1.54) is 5.69 Å². The summed E-state index contributed by atoms with van der Waals surface area (Å²) < 4.78 is 12.4. The van der Waals surface area contributed by atoms with E-state index in [2.05, 4.69) is 34.3 Å². The molecule has 0 spiro atoms. The molecule has 7 heteroatoms. The Labute approximate surface area is 123 Å². The molecular formula is C14H21N5O2. The Morgan fingerprint density at radius 1 is 1.43 bits per heavy atom. The summed E-state index contributed by atoms with van der Waals surface area (Å²) in [5.74, 6) is 2.10. The second-order valence-electron chi connectivity index (χ2n) is 5.98. The van der Waals surface area contributed by atoms with Crippen LogP contribution in [-0.2, 0) is 30.7 Å². The number of aromatic nitrogens is 5. The molecule has 2 aromatic heterocycles. The van der Waals surface area contributed by atoms with Gasteiger partial charge in [0.1, 0.15) is 6.61 Å². The van der Waals surface area contributed by atoms with E-state index in [-0.39, 0.29) is 5.92 Å². The summed E-state index contributed by atoms with van der Waals surface area (Å²) in [5, 5.41) is 12.5. The maximum Gasteiger partial charge on any atom is 0.230 e. The molecule has 0 fully saturated rings. The van der Waals surface area contributed by atoms with Crippen LogP contribution < -0.4 is 0 Å². The van der Waals surface area contributed by atoms with E-state index in [9.17, 15) is 0 Å². The van der Waals surface area contributed by atoms with Crippen LogP contribution >= 0.6 is 0 Å². The number of methoxy groups -OCH3 is 1. The average Bonchev–Trinajstić information content (AvgIpc) is 3.06. The quantitative estimate of drug-likeness (QED) is 0.835. The fourth-order valence-electron chi connectivity index (χ4n) is 2.76. The highest BCUT2D eigenvalue weighted by Gasteiger charge is 2.28. The molecule has 0 N–H and O–H groups in total. The Bertz CT molecular complexity index is 604. The molecule has 2 aromatic rings. The van der Waals surface area contributed by atoms with E-state index in [4.69, 9.17) is 9.26 Å². The molecule has 1 unspecified atom stereocenters. The van der Waals surface area contributed by atoms with Crippen molar-refractivity contribution in [3.05, 3.63) is 23.1 Å². The van der Waals surface area contributed by atoms with Gasteiger partial charge in [0.2, 0.25) is 5.89 Å². The van der Waals surface area contributed by atoms with Gasteiger partial charge in [-0.2, -0.15) is 4.98 Å². The van der Waals surface area contributed by atoms with Crippen molar-refractivity contribution in [2.75, 3.05) is 7.11 Å². The lowest BCUT2D eigenvalue weighted by atomic mass is 9.89. The predicted molar refractivity (Wildman–Crippen MR) is 74.6 cm³/mol. The van der Waals surface area contributed by atoms with Gasteiger partial charge in [0, 0.05) is 26.0 Å². The lowest BCUT2D eigenvalue weighted by Gasteiger charge is -2.19. The van der Waals surface area contributed by atoms with Crippen LogP contribution in [0.4, 0.5) is 0 Å². The third-order valence-corrected chi connectivity index (χ3v) is 3.73. The van der Waals surface area contributed by atoms with Gasteiger partial charge in [0.25, 0.3) is 0 Å². The maximum atomic E-state index is 5.38. The van der Waals surface area contributed by atoms with E-state index in [0.717, 1.165) is 31.5 Å². The minimum atomic E-state index is 0.250. The van der Waals surface area contributed by atoms with Gasteiger partial charge in [0.15, 0.2) is 5.82 Å². The fraction of sp³-hybridized carbons (Fsp3) is 0.714. The molecule has 3 rings (SSSR count). The number of aryl methyl sites for hydroxylation is 1. The minimum absolute atomic E-state index is 0.250. The topological polar surface area (TPSA) is 78.9 Å². The van der Waals surface area contributed by atoms with Crippen molar-refractivity contribution in [2.45, 2.75) is 52.2 Å². The molecular weight excluding hydrogens is 270 g/mol. The van der Waals surface area contributed by atoms with E-state index < -0.39 is 0 Å². The van der Waals surface area contributed by atoms with Crippen molar-refractivity contribution in [1.82, 2.24) is 25.1 Å². The zero-order valence-electron chi connectivity index (χ0n) is 12.7. The lowest BCUT2D eigenvalue weighted by molar-refractivity contribution is 0.174. The van der Waals surface area contributed by atoms with Gasteiger partial charge in [-0.05, 0) is 18.8 Å². The molecule has 21 heavy (non-hydrogen) atoms. The molecule has 1 aliphatic rings. The largest absolute Gasteiger partial charge is 0.377 e. The molecule has 0 radical (unpaired) electrons. The van der Waals surface area contributed by atoms with Crippen LogP contribution in [-0.4, -0.2) is 32.2 Å². The van der Waals surface area contributed by atoms with Crippen LogP contribution in [0.25, 0.3) is 0 Å². The number of hydrogen-bond donors (Lipinski definition) is 0. The summed E-state index contributed by atoms with van der Waals surface area (Å²) in [6.45, 7) is 5.65. The van der Waals surface area contributed by atoms with Crippen molar-refractivity contribution in [2.24, 2.45) is 5.92 Å².